The first kappa shape index (κ1) is 16.4. The Morgan fingerprint density at radius 2 is 1.76 bits per heavy atom. The molecule has 4 nitrogen and oxygen atoms in total. The van der Waals surface area contributed by atoms with Gasteiger partial charge in [0.1, 0.15) is 5.54 Å². The summed E-state index contributed by atoms with van der Waals surface area (Å²) < 4.78 is 10.8. The Kier molecular flexibility index (Phi) is 10.1. The predicted octanol–water partition coefficient (Wildman–Crippen LogP) is 2.10. The standard InChI is InChI=1S/C13H26N2O2/c1-4-6-8-16-10-11-17-9-7-13(3,12-14)15-5-2/h15H,4-11H2,1-3H3. The summed E-state index contributed by atoms with van der Waals surface area (Å²) in [6.07, 6.45) is 2.96. The summed E-state index contributed by atoms with van der Waals surface area (Å²) in [6, 6.07) is 2.28. The van der Waals surface area contributed by atoms with Crippen molar-refractivity contribution in [2.45, 2.75) is 45.6 Å². The lowest BCUT2D eigenvalue weighted by molar-refractivity contribution is 0.0416. The molecule has 0 aliphatic heterocycles. The van der Waals surface area contributed by atoms with Crippen LogP contribution in [0.3, 0.4) is 0 Å². The zero-order valence-electron chi connectivity index (χ0n) is 11.4. The number of nitriles is 1. The second-order valence-corrected chi connectivity index (χ2v) is 4.30. The van der Waals surface area contributed by atoms with Gasteiger partial charge in [0.25, 0.3) is 0 Å². The minimum Gasteiger partial charge on any atom is -0.379 e. The van der Waals surface area contributed by atoms with E-state index < -0.39 is 5.54 Å². The van der Waals surface area contributed by atoms with Crippen molar-refractivity contribution in [3.05, 3.63) is 0 Å². The maximum Gasteiger partial charge on any atom is 0.106 e. The van der Waals surface area contributed by atoms with Crippen LogP contribution in [0.15, 0.2) is 0 Å². The van der Waals surface area contributed by atoms with Gasteiger partial charge in [-0.15, -0.1) is 0 Å². The van der Waals surface area contributed by atoms with Gasteiger partial charge in [-0.05, 0) is 19.9 Å². The zero-order valence-corrected chi connectivity index (χ0v) is 11.4. The van der Waals surface area contributed by atoms with E-state index in [1.807, 2.05) is 13.8 Å². The molecule has 0 aliphatic rings. The topological polar surface area (TPSA) is 54.3 Å². The Morgan fingerprint density at radius 1 is 1.12 bits per heavy atom. The molecule has 0 aromatic heterocycles. The van der Waals surface area contributed by atoms with Gasteiger partial charge < -0.3 is 9.47 Å². The van der Waals surface area contributed by atoms with Crippen LogP contribution in [-0.2, 0) is 9.47 Å². The maximum absolute atomic E-state index is 9.02. The summed E-state index contributed by atoms with van der Waals surface area (Å²) in [7, 11) is 0. The summed E-state index contributed by atoms with van der Waals surface area (Å²) in [5.41, 5.74) is -0.474. The summed E-state index contributed by atoms with van der Waals surface area (Å²) >= 11 is 0. The third-order valence-corrected chi connectivity index (χ3v) is 2.57. The van der Waals surface area contributed by atoms with Crippen LogP contribution in [0.2, 0.25) is 0 Å². The largest absolute Gasteiger partial charge is 0.379 e. The number of unbranched alkanes of at least 4 members (excludes halogenated alkanes) is 1. The lowest BCUT2D eigenvalue weighted by Gasteiger charge is -2.22. The molecular formula is C13H26N2O2. The summed E-state index contributed by atoms with van der Waals surface area (Å²) in [5.74, 6) is 0. The minimum absolute atomic E-state index is 0.474. The lowest BCUT2D eigenvalue weighted by Crippen LogP contribution is -2.41. The van der Waals surface area contributed by atoms with Crippen molar-refractivity contribution in [1.82, 2.24) is 5.32 Å². The van der Waals surface area contributed by atoms with Crippen molar-refractivity contribution in [2.24, 2.45) is 0 Å². The number of nitrogens with zero attached hydrogens (tertiary/aromatic N) is 1. The van der Waals surface area contributed by atoms with E-state index in [0.717, 1.165) is 26.0 Å². The number of rotatable bonds is 11. The predicted molar refractivity (Wildman–Crippen MR) is 68.9 cm³/mol. The van der Waals surface area contributed by atoms with Gasteiger partial charge in [-0.25, -0.2) is 0 Å². The Morgan fingerprint density at radius 3 is 2.29 bits per heavy atom. The first-order valence-corrected chi connectivity index (χ1v) is 6.50. The van der Waals surface area contributed by atoms with E-state index in [1.54, 1.807) is 0 Å². The molecule has 0 radical (unpaired) electrons. The van der Waals surface area contributed by atoms with Crippen LogP contribution >= 0.6 is 0 Å². The third kappa shape index (κ3) is 9.11. The van der Waals surface area contributed by atoms with Crippen LogP contribution in [0.4, 0.5) is 0 Å². The molecule has 100 valence electrons. The van der Waals surface area contributed by atoms with E-state index >= 15 is 0 Å². The van der Waals surface area contributed by atoms with Gasteiger partial charge >= 0.3 is 0 Å². The fraction of sp³-hybridized carbons (Fsp3) is 0.923. The third-order valence-electron chi connectivity index (χ3n) is 2.57. The van der Waals surface area contributed by atoms with Gasteiger partial charge in [-0.3, -0.25) is 5.32 Å². The zero-order chi connectivity index (χ0) is 13.0. The molecule has 1 N–H and O–H groups in total. The van der Waals surface area contributed by atoms with E-state index in [1.165, 1.54) is 0 Å². The molecule has 0 aromatic rings. The van der Waals surface area contributed by atoms with Crippen LogP contribution < -0.4 is 5.32 Å². The van der Waals surface area contributed by atoms with Crippen LogP contribution in [0.1, 0.15) is 40.0 Å². The average molecular weight is 242 g/mol. The number of hydrogen-bond donors (Lipinski definition) is 1. The maximum atomic E-state index is 9.02. The number of hydrogen-bond acceptors (Lipinski definition) is 4. The van der Waals surface area contributed by atoms with Crippen LogP contribution in [0.25, 0.3) is 0 Å². The van der Waals surface area contributed by atoms with Crippen molar-refractivity contribution in [3.8, 4) is 6.07 Å². The molecule has 0 bridgehead atoms. The molecule has 0 spiro atoms. The minimum atomic E-state index is -0.474. The fourth-order valence-corrected chi connectivity index (χ4v) is 1.42. The Labute approximate surface area is 105 Å². The van der Waals surface area contributed by atoms with Gasteiger partial charge in [-0.2, -0.15) is 5.26 Å². The van der Waals surface area contributed by atoms with E-state index in [-0.39, 0.29) is 0 Å². The molecule has 0 amide bonds. The number of nitrogens with one attached hydrogen (secondary N) is 1. The summed E-state index contributed by atoms with van der Waals surface area (Å²) in [4.78, 5) is 0. The highest BCUT2D eigenvalue weighted by Gasteiger charge is 2.21. The Hall–Kier alpha value is -0.630. The molecule has 4 heteroatoms. The summed E-state index contributed by atoms with van der Waals surface area (Å²) in [5, 5.41) is 12.2. The Balaban J connectivity index is 3.41. The molecule has 17 heavy (non-hydrogen) atoms. The molecule has 1 atom stereocenters. The molecule has 0 aliphatic carbocycles. The van der Waals surface area contributed by atoms with Crippen molar-refractivity contribution in [1.29, 1.82) is 5.26 Å². The van der Waals surface area contributed by atoms with E-state index in [4.69, 9.17) is 14.7 Å². The second kappa shape index (κ2) is 10.5. The number of ether oxygens (including phenoxy) is 2. The smallest absolute Gasteiger partial charge is 0.106 e. The van der Waals surface area contributed by atoms with E-state index in [2.05, 4.69) is 18.3 Å². The molecule has 0 aromatic carbocycles. The molecule has 1 unspecified atom stereocenters. The van der Waals surface area contributed by atoms with Gasteiger partial charge in [0, 0.05) is 19.6 Å². The Bertz CT molecular complexity index is 216. The van der Waals surface area contributed by atoms with Gasteiger partial charge in [0.15, 0.2) is 0 Å². The van der Waals surface area contributed by atoms with Crippen molar-refractivity contribution in [3.63, 3.8) is 0 Å². The van der Waals surface area contributed by atoms with E-state index in [0.29, 0.717) is 26.2 Å². The first-order chi connectivity index (χ1) is 8.18. The molecule has 0 heterocycles. The monoisotopic (exact) mass is 242 g/mol. The SMILES string of the molecule is CCCCOCCOCCC(C)(C#N)NCC. The fourth-order valence-electron chi connectivity index (χ4n) is 1.42. The van der Waals surface area contributed by atoms with Crippen LogP contribution in [0.5, 0.6) is 0 Å². The quantitative estimate of drug-likeness (QED) is 0.564. The summed E-state index contributed by atoms with van der Waals surface area (Å²) in [6.45, 7) is 9.49. The average Bonchev–Trinajstić information content (AvgIpc) is 2.33. The van der Waals surface area contributed by atoms with E-state index in [9.17, 15) is 0 Å². The molecular weight excluding hydrogens is 216 g/mol. The van der Waals surface area contributed by atoms with Crippen LogP contribution in [-0.4, -0.2) is 38.5 Å². The highest BCUT2D eigenvalue weighted by molar-refractivity contribution is 5.03. The van der Waals surface area contributed by atoms with Crippen molar-refractivity contribution < 1.29 is 9.47 Å². The molecule has 0 saturated carbocycles. The normalized spacial score (nSPS) is 14.2. The highest BCUT2D eigenvalue weighted by Crippen LogP contribution is 2.07. The van der Waals surface area contributed by atoms with Gasteiger partial charge in [0.05, 0.1) is 19.3 Å². The lowest BCUT2D eigenvalue weighted by atomic mass is 10.0. The highest BCUT2D eigenvalue weighted by atomic mass is 16.5. The molecule has 0 saturated heterocycles. The van der Waals surface area contributed by atoms with Crippen molar-refractivity contribution >= 4 is 0 Å². The van der Waals surface area contributed by atoms with Gasteiger partial charge in [0.2, 0.25) is 0 Å². The molecule has 0 fully saturated rings. The molecule has 0 rings (SSSR count). The van der Waals surface area contributed by atoms with Crippen molar-refractivity contribution in [2.75, 3.05) is 33.0 Å². The van der Waals surface area contributed by atoms with Crippen LogP contribution in [0, 0.1) is 11.3 Å². The van der Waals surface area contributed by atoms with Gasteiger partial charge in [-0.1, -0.05) is 20.3 Å². The second-order valence-electron chi connectivity index (χ2n) is 4.30. The first-order valence-electron chi connectivity index (χ1n) is 6.50.